The number of carboxylic acids is 1. The van der Waals surface area contributed by atoms with Crippen molar-refractivity contribution in [1.29, 1.82) is 0 Å². The Morgan fingerprint density at radius 3 is 2.20 bits per heavy atom. The van der Waals surface area contributed by atoms with E-state index in [1.165, 1.54) is 64.1 Å². The third-order valence-electron chi connectivity index (χ3n) is 9.15. The van der Waals surface area contributed by atoms with Gasteiger partial charge >= 0.3 is 11.9 Å². The second-order valence-corrected chi connectivity index (χ2v) is 15.6. The number of nitrogens with one attached hydrogen (secondary N) is 2. The van der Waals surface area contributed by atoms with Gasteiger partial charge < -0.3 is 24.9 Å². The van der Waals surface area contributed by atoms with E-state index in [1.807, 2.05) is 18.4 Å². The van der Waals surface area contributed by atoms with Crippen molar-refractivity contribution in [3.8, 4) is 0 Å². The lowest BCUT2D eigenvalue weighted by molar-refractivity contribution is -0.157. The molecular weight excluding hydrogens is 605 g/mol. The Labute approximate surface area is 276 Å². The van der Waals surface area contributed by atoms with Gasteiger partial charge in [0.05, 0.1) is 33.5 Å². The number of anilines is 1. The fourth-order valence-corrected chi connectivity index (χ4v) is 8.16. The fourth-order valence-electron chi connectivity index (χ4n) is 6.04. The van der Waals surface area contributed by atoms with Crippen molar-refractivity contribution in [3.05, 3.63) is 12.7 Å². The number of nitrogen functional groups attached to an aromatic ring is 1. The molecule has 2 aliphatic rings. The number of rotatable bonds is 14. The number of fused-ring (bicyclic) bond motifs is 1. The normalized spacial score (nSPS) is 18.8. The van der Waals surface area contributed by atoms with Crippen molar-refractivity contribution in [3.63, 3.8) is 0 Å². The molecule has 2 fully saturated rings. The number of hydrogen-bond acceptors (Lipinski definition) is 10. The van der Waals surface area contributed by atoms with Crippen LogP contribution in [0.2, 0.25) is 0 Å². The van der Waals surface area contributed by atoms with Gasteiger partial charge in [0, 0.05) is 0 Å². The molecule has 2 aromatic rings. The van der Waals surface area contributed by atoms with Crippen LogP contribution in [0.4, 0.5) is 5.82 Å². The third-order valence-corrected chi connectivity index (χ3v) is 11.2. The predicted octanol–water partition coefficient (Wildman–Crippen LogP) is 6.39. The number of imidazole rings is 1. The van der Waals surface area contributed by atoms with Gasteiger partial charge in [0.1, 0.15) is 29.0 Å². The van der Waals surface area contributed by atoms with E-state index in [4.69, 9.17) is 15.2 Å². The average Bonchev–Trinajstić information content (AvgIpc) is 3.44. The first-order chi connectivity index (χ1) is 21.7. The number of carbonyl (C=O) groups excluding carboxylic acids is 1. The second kappa shape index (κ2) is 17.7. The summed E-state index contributed by atoms with van der Waals surface area (Å²) in [5, 5.41) is 16.1. The van der Waals surface area contributed by atoms with Crippen molar-refractivity contribution in [1.82, 2.24) is 29.7 Å². The van der Waals surface area contributed by atoms with Gasteiger partial charge in [-0.2, -0.15) is 0 Å². The van der Waals surface area contributed by atoms with E-state index >= 15 is 0 Å². The molecule has 12 nitrogen and oxygen atoms in total. The zero-order valence-electron chi connectivity index (χ0n) is 29.1. The van der Waals surface area contributed by atoms with Crippen LogP contribution < -0.4 is 15.9 Å². The van der Waals surface area contributed by atoms with Crippen LogP contribution in [-0.4, -0.2) is 66.2 Å². The topological polar surface area (TPSA) is 167 Å². The molecule has 0 bridgehead atoms. The molecule has 46 heavy (non-hydrogen) atoms. The van der Waals surface area contributed by atoms with Gasteiger partial charge in [0.2, 0.25) is 0 Å². The van der Waals surface area contributed by atoms with Crippen molar-refractivity contribution in [2.75, 3.05) is 12.1 Å². The van der Waals surface area contributed by atoms with Gasteiger partial charge in [-0.05, 0) is 66.2 Å². The molecular formula is C33H58N7O5P. The molecule has 2 aliphatic carbocycles. The summed E-state index contributed by atoms with van der Waals surface area (Å²) in [5.41, 5.74) is 4.71. The molecule has 13 heteroatoms. The molecule has 2 aromatic heterocycles. The summed E-state index contributed by atoms with van der Waals surface area (Å²) in [6.07, 6.45) is 17.4. The van der Waals surface area contributed by atoms with Crippen molar-refractivity contribution >= 4 is 37.1 Å². The molecule has 0 aliphatic heterocycles. The third kappa shape index (κ3) is 11.4. The van der Waals surface area contributed by atoms with Gasteiger partial charge in [0.25, 0.3) is 0 Å². The average molecular weight is 664 g/mol. The molecule has 0 aromatic carbocycles. The van der Waals surface area contributed by atoms with E-state index < -0.39 is 25.3 Å². The molecule has 0 amide bonds. The zero-order chi connectivity index (χ0) is 33.9. The smallest absolute Gasteiger partial charge is 0.326 e. The molecule has 5 N–H and O–H groups in total. The quantitative estimate of drug-likeness (QED) is 0.131. The zero-order valence-corrected chi connectivity index (χ0v) is 29.9. The van der Waals surface area contributed by atoms with E-state index in [0.717, 1.165) is 18.8 Å². The second-order valence-electron chi connectivity index (χ2n) is 14.1. The molecule has 0 radical (unpaired) electrons. The van der Waals surface area contributed by atoms with Crippen LogP contribution in [0.15, 0.2) is 12.7 Å². The summed E-state index contributed by atoms with van der Waals surface area (Å²) in [4.78, 5) is 37.5. The van der Waals surface area contributed by atoms with E-state index in [9.17, 15) is 14.7 Å². The van der Waals surface area contributed by atoms with Crippen LogP contribution in [0.1, 0.15) is 119 Å². The maximum absolute atomic E-state index is 13.2. The summed E-state index contributed by atoms with van der Waals surface area (Å²) in [6.45, 7) is 13.3. The van der Waals surface area contributed by atoms with Crippen LogP contribution in [0.5, 0.6) is 0 Å². The fraction of sp³-hybridized carbons (Fsp3) is 0.788. The Morgan fingerprint density at radius 1 is 1.00 bits per heavy atom. The Bertz CT molecular complexity index is 1240. The van der Waals surface area contributed by atoms with Gasteiger partial charge in [-0.3, -0.25) is 19.8 Å². The summed E-state index contributed by atoms with van der Waals surface area (Å²) >= 11 is 0. The number of carboxylic acid groups (broad SMARTS) is 1. The molecule has 2 saturated carbocycles. The molecule has 3 unspecified atom stereocenters. The first-order valence-corrected chi connectivity index (χ1v) is 18.6. The lowest BCUT2D eigenvalue weighted by Gasteiger charge is -2.36. The van der Waals surface area contributed by atoms with E-state index in [2.05, 4.69) is 32.1 Å². The lowest BCUT2D eigenvalue weighted by atomic mass is 9.86. The van der Waals surface area contributed by atoms with Crippen molar-refractivity contribution in [2.45, 2.75) is 149 Å². The highest BCUT2D eigenvalue weighted by atomic mass is 31.1. The SMILES string of the molecule is CC(Cn1cnc2c(N)ncnc21)OCP(NC(C)(C)C(=O)O)NC(C)(C)C(=O)OC(C)C1CCCCC1.CCC1CCCCC1. The summed E-state index contributed by atoms with van der Waals surface area (Å²) in [7, 11) is -1.45. The minimum absolute atomic E-state index is 0.159. The van der Waals surface area contributed by atoms with Gasteiger partial charge in [-0.1, -0.05) is 64.7 Å². The van der Waals surface area contributed by atoms with Gasteiger partial charge in [-0.15, -0.1) is 0 Å². The largest absolute Gasteiger partial charge is 0.480 e. The number of esters is 1. The molecule has 0 spiro atoms. The minimum Gasteiger partial charge on any atom is -0.480 e. The molecule has 2 heterocycles. The monoisotopic (exact) mass is 663 g/mol. The Hall–Kier alpha value is -2.40. The van der Waals surface area contributed by atoms with E-state index in [1.54, 1.807) is 34.0 Å². The van der Waals surface area contributed by atoms with Crippen LogP contribution in [0.25, 0.3) is 11.2 Å². The Kier molecular flexibility index (Phi) is 14.6. The van der Waals surface area contributed by atoms with Gasteiger partial charge in [-0.25, -0.2) is 15.0 Å². The van der Waals surface area contributed by atoms with Crippen LogP contribution in [0.3, 0.4) is 0 Å². The highest BCUT2D eigenvalue weighted by Gasteiger charge is 2.38. The lowest BCUT2D eigenvalue weighted by Crippen LogP contribution is -2.52. The molecule has 0 saturated heterocycles. The summed E-state index contributed by atoms with van der Waals surface area (Å²) in [6, 6.07) is 0. The van der Waals surface area contributed by atoms with Gasteiger partial charge in [0.15, 0.2) is 11.5 Å². The number of aliphatic carboxylic acids is 1. The summed E-state index contributed by atoms with van der Waals surface area (Å²) in [5.74, 6) is 0.394. The first-order valence-electron chi connectivity index (χ1n) is 17.0. The number of hydrogen-bond donors (Lipinski definition) is 4. The highest BCUT2D eigenvalue weighted by molar-refractivity contribution is 7.53. The molecule has 4 rings (SSSR count). The van der Waals surface area contributed by atoms with Crippen LogP contribution in [0, 0.1) is 11.8 Å². The molecule has 3 atom stereocenters. The molecule has 260 valence electrons. The Balaban J connectivity index is 0.000000625. The number of nitrogens with zero attached hydrogens (tertiary/aromatic N) is 4. The number of aromatic nitrogens is 4. The standard InChI is InChI=1S/C25H42N7O5P.C8H16/c1-16(12-32-14-29-19-20(26)27-13-28-21(19)32)36-15-38(30-24(3,4)22(33)34)31-25(5,6)23(35)37-17(2)18-10-8-7-9-11-18;1-2-8-6-4-3-5-7-8/h13-14,16-18,30-31H,7-12,15H2,1-6H3,(H,33,34)(H2,26,27,28);8H,2-7H2,1H3. The van der Waals surface area contributed by atoms with Crippen molar-refractivity contribution in [2.24, 2.45) is 11.8 Å². The number of carbonyl (C=O) groups is 2. The van der Waals surface area contributed by atoms with Crippen LogP contribution >= 0.6 is 8.22 Å². The summed E-state index contributed by atoms with van der Waals surface area (Å²) < 4.78 is 13.8. The van der Waals surface area contributed by atoms with Crippen LogP contribution in [-0.2, 0) is 25.6 Å². The Morgan fingerprint density at radius 2 is 1.61 bits per heavy atom. The number of nitrogens with two attached hydrogens (primary N) is 1. The number of ether oxygens (including phenoxy) is 2. The predicted molar refractivity (Wildman–Crippen MR) is 183 cm³/mol. The minimum atomic E-state index is -1.45. The van der Waals surface area contributed by atoms with E-state index in [-0.39, 0.29) is 24.5 Å². The first kappa shape index (κ1) is 38.1. The van der Waals surface area contributed by atoms with E-state index in [0.29, 0.717) is 29.4 Å². The maximum Gasteiger partial charge on any atom is 0.326 e. The highest BCUT2D eigenvalue weighted by Crippen LogP contribution is 2.35. The maximum atomic E-state index is 13.2. The van der Waals surface area contributed by atoms with Crippen molar-refractivity contribution < 1.29 is 24.2 Å².